The highest BCUT2D eigenvalue weighted by atomic mass is 32.2. The minimum Gasteiger partial charge on any atom is -0.388 e. The maximum atomic E-state index is 11.5. The zero-order valence-corrected chi connectivity index (χ0v) is 20.9. The van der Waals surface area contributed by atoms with Crippen LogP contribution in [0.5, 0.6) is 0 Å². The molecule has 0 saturated carbocycles. The Kier molecular flexibility index (Phi) is 9.18. The summed E-state index contributed by atoms with van der Waals surface area (Å²) in [5.41, 5.74) is 4.01. The zero-order chi connectivity index (χ0) is 23.0. The highest BCUT2D eigenvalue weighted by Crippen LogP contribution is 2.38. The van der Waals surface area contributed by atoms with E-state index in [4.69, 9.17) is 0 Å². The molecule has 0 unspecified atom stereocenters. The number of rotatable bonds is 6. The fourth-order valence-electron chi connectivity index (χ4n) is 2.61. The van der Waals surface area contributed by atoms with Crippen molar-refractivity contribution in [1.29, 1.82) is 0 Å². The number of thiocarbonyl (C=S) groups is 1. The molecule has 1 amide bonds. The SMILES string of the molecule is C=S.CNc1ccc(-c2ncc(-c3ccc(NC(C)=O)cc3SNC(C)(C)C)s2)cc1. The summed E-state index contributed by atoms with van der Waals surface area (Å²) in [4.78, 5) is 18.2. The van der Waals surface area contributed by atoms with Crippen molar-refractivity contribution in [2.75, 3.05) is 17.7 Å². The molecule has 3 aromatic rings. The Morgan fingerprint density at radius 2 is 1.74 bits per heavy atom. The summed E-state index contributed by atoms with van der Waals surface area (Å²) in [5.74, 6) is 2.75. The van der Waals surface area contributed by atoms with Crippen LogP contribution in [0.2, 0.25) is 0 Å². The van der Waals surface area contributed by atoms with Crippen molar-refractivity contribution in [2.45, 2.75) is 38.1 Å². The van der Waals surface area contributed by atoms with Gasteiger partial charge < -0.3 is 10.6 Å². The third-order valence-electron chi connectivity index (χ3n) is 3.96. The Balaban J connectivity index is 0.00000166. The maximum absolute atomic E-state index is 11.5. The summed E-state index contributed by atoms with van der Waals surface area (Å²) >= 11 is 7.06. The van der Waals surface area contributed by atoms with Gasteiger partial charge in [-0.05, 0) is 75.0 Å². The van der Waals surface area contributed by atoms with Gasteiger partial charge in [0.2, 0.25) is 5.91 Å². The van der Waals surface area contributed by atoms with Crippen LogP contribution in [0.3, 0.4) is 0 Å². The number of carbonyl (C=O) groups excluding carboxylic acids is 1. The van der Waals surface area contributed by atoms with Crippen LogP contribution in [0.15, 0.2) is 53.6 Å². The smallest absolute Gasteiger partial charge is 0.221 e. The number of carbonyl (C=O) groups is 1. The fraction of sp³-hybridized carbons (Fsp3) is 0.261. The van der Waals surface area contributed by atoms with Gasteiger partial charge in [-0.2, -0.15) is 0 Å². The number of benzene rings is 2. The molecule has 0 aliphatic heterocycles. The van der Waals surface area contributed by atoms with Crippen LogP contribution in [-0.4, -0.2) is 29.3 Å². The van der Waals surface area contributed by atoms with Crippen LogP contribution in [0.1, 0.15) is 27.7 Å². The lowest BCUT2D eigenvalue weighted by molar-refractivity contribution is -0.114. The van der Waals surface area contributed by atoms with E-state index in [1.807, 2.05) is 43.6 Å². The number of nitrogens with one attached hydrogen (secondary N) is 3. The maximum Gasteiger partial charge on any atom is 0.221 e. The molecule has 1 aromatic heterocycles. The van der Waals surface area contributed by atoms with Gasteiger partial charge in [-0.15, -0.1) is 11.3 Å². The largest absolute Gasteiger partial charge is 0.388 e. The molecule has 0 saturated heterocycles. The van der Waals surface area contributed by atoms with Gasteiger partial charge in [-0.3, -0.25) is 9.52 Å². The van der Waals surface area contributed by atoms with Gasteiger partial charge in [0, 0.05) is 53.1 Å². The van der Waals surface area contributed by atoms with Crippen molar-refractivity contribution in [3.8, 4) is 21.0 Å². The summed E-state index contributed by atoms with van der Waals surface area (Å²) in [7, 11) is 1.91. The van der Waals surface area contributed by atoms with Gasteiger partial charge in [0.25, 0.3) is 0 Å². The summed E-state index contributed by atoms with van der Waals surface area (Å²) in [6.45, 7) is 7.88. The molecule has 0 radical (unpaired) electrons. The minimum absolute atomic E-state index is 0.0418. The van der Waals surface area contributed by atoms with E-state index in [0.29, 0.717) is 0 Å². The molecule has 5 nitrogen and oxygen atoms in total. The zero-order valence-electron chi connectivity index (χ0n) is 18.4. The van der Waals surface area contributed by atoms with Gasteiger partial charge in [0.05, 0.1) is 4.88 Å². The highest BCUT2D eigenvalue weighted by Gasteiger charge is 2.15. The molecule has 0 spiro atoms. The van der Waals surface area contributed by atoms with E-state index in [0.717, 1.165) is 37.3 Å². The van der Waals surface area contributed by atoms with Gasteiger partial charge in [0.15, 0.2) is 0 Å². The molecule has 3 N–H and O–H groups in total. The second-order valence-corrected chi connectivity index (χ2v) is 9.58. The molecule has 0 fully saturated rings. The van der Waals surface area contributed by atoms with E-state index in [1.54, 1.807) is 23.3 Å². The van der Waals surface area contributed by atoms with Crippen molar-refractivity contribution < 1.29 is 4.79 Å². The lowest BCUT2D eigenvalue weighted by Gasteiger charge is -2.20. The predicted octanol–water partition coefficient (Wildman–Crippen LogP) is 6.49. The van der Waals surface area contributed by atoms with Crippen LogP contribution in [0.25, 0.3) is 21.0 Å². The summed E-state index contributed by atoms with van der Waals surface area (Å²) in [5, 5.41) is 6.98. The molecular weight excluding hydrogens is 444 g/mol. The predicted molar refractivity (Wildman–Crippen MR) is 140 cm³/mol. The van der Waals surface area contributed by atoms with Crippen molar-refractivity contribution in [3.05, 3.63) is 48.7 Å². The number of hydrogen-bond donors (Lipinski definition) is 3. The van der Waals surface area contributed by atoms with E-state index in [1.165, 1.54) is 6.92 Å². The lowest BCUT2D eigenvalue weighted by Crippen LogP contribution is -2.29. The van der Waals surface area contributed by atoms with E-state index >= 15 is 0 Å². The molecule has 3 rings (SSSR count). The average Bonchev–Trinajstić information content (AvgIpc) is 3.23. The van der Waals surface area contributed by atoms with E-state index in [9.17, 15) is 4.79 Å². The van der Waals surface area contributed by atoms with Crippen LogP contribution < -0.4 is 15.4 Å². The van der Waals surface area contributed by atoms with Crippen molar-refractivity contribution in [1.82, 2.24) is 9.71 Å². The molecule has 2 aromatic carbocycles. The second kappa shape index (κ2) is 11.4. The van der Waals surface area contributed by atoms with Crippen LogP contribution in [-0.2, 0) is 4.79 Å². The molecule has 0 aliphatic rings. The molecule has 0 atom stereocenters. The third kappa shape index (κ3) is 7.43. The van der Waals surface area contributed by atoms with Crippen molar-refractivity contribution >= 4 is 58.7 Å². The first kappa shape index (κ1) is 25.0. The first-order valence-electron chi connectivity index (χ1n) is 9.64. The summed E-state index contributed by atoms with van der Waals surface area (Å²) in [6.07, 6.45) is 1.92. The molecule has 8 heteroatoms. The van der Waals surface area contributed by atoms with Crippen LogP contribution in [0, 0.1) is 0 Å². The van der Waals surface area contributed by atoms with Gasteiger partial charge in [-0.1, -0.05) is 18.3 Å². The standard InChI is InChI=1S/C22H26N4OS2.CH2S/c1-14(27)25-17-10-11-18(19(12-17)29-26-22(2,3)4)20-13-24-21(28-20)15-6-8-16(23-5)9-7-15;1-2/h6-13,23,26H,1-5H3,(H,25,27);1H2. The molecular formula is C23H28N4OS3. The molecule has 1 heterocycles. The van der Waals surface area contributed by atoms with Crippen molar-refractivity contribution in [3.63, 3.8) is 0 Å². The molecule has 0 aliphatic carbocycles. The Morgan fingerprint density at radius 3 is 2.32 bits per heavy atom. The Hall–Kier alpha value is -2.26. The van der Waals surface area contributed by atoms with E-state index in [2.05, 4.69) is 71.3 Å². The number of thiazole rings is 1. The third-order valence-corrected chi connectivity index (χ3v) is 6.31. The second-order valence-electron chi connectivity index (χ2n) is 7.70. The van der Waals surface area contributed by atoms with Gasteiger partial charge in [0.1, 0.15) is 5.01 Å². The van der Waals surface area contributed by atoms with E-state index < -0.39 is 0 Å². The number of amides is 1. The van der Waals surface area contributed by atoms with E-state index in [-0.39, 0.29) is 11.4 Å². The number of hydrogen-bond acceptors (Lipinski definition) is 7. The highest BCUT2D eigenvalue weighted by molar-refractivity contribution is 7.97. The summed E-state index contributed by atoms with van der Waals surface area (Å²) in [6, 6.07) is 14.2. The quantitative estimate of drug-likeness (QED) is 0.281. The Bertz CT molecular complexity index is 1010. The number of anilines is 2. The molecule has 164 valence electrons. The van der Waals surface area contributed by atoms with Crippen LogP contribution >= 0.6 is 35.5 Å². The minimum atomic E-state index is -0.0810. The lowest BCUT2D eigenvalue weighted by atomic mass is 10.1. The fourth-order valence-corrected chi connectivity index (χ4v) is 4.53. The van der Waals surface area contributed by atoms with Gasteiger partial charge in [-0.25, -0.2) is 4.98 Å². The Labute approximate surface area is 198 Å². The molecule has 0 bridgehead atoms. The number of aromatic nitrogens is 1. The number of nitrogens with zero attached hydrogens (tertiary/aromatic N) is 1. The van der Waals surface area contributed by atoms with Gasteiger partial charge >= 0.3 is 0 Å². The average molecular weight is 473 g/mol. The molecule has 31 heavy (non-hydrogen) atoms. The monoisotopic (exact) mass is 472 g/mol. The topological polar surface area (TPSA) is 66.0 Å². The van der Waals surface area contributed by atoms with Crippen LogP contribution in [0.4, 0.5) is 11.4 Å². The van der Waals surface area contributed by atoms with Crippen molar-refractivity contribution in [2.24, 2.45) is 0 Å². The normalized spacial score (nSPS) is 10.7. The summed E-state index contributed by atoms with van der Waals surface area (Å²) < 4.78 is 3.46. The first-order chi connectivity index (χ1) is 14.7. The Morgan fingerprint density at radius 1 is 1.10 bits per heavy atom. The first-order valence-corrected chi connectivity index (χ1v) is 11.8.